The molecule has 1 amide bonds. The lowest BCUT2D eigenvalue weighted by atomic mass is 9.94. The van der Waals surface area contributed by atoms with Crippen molar-refractivity contribution in [3.8, 4) is 5.75 Å². The second-order valence-electron chi connectivity index (χ2n) is 10.4. The number of carbonyl (C=O) groups is 3. The molecule has 1 aliphatic rings. The first kappa shape index (κ1) is 28.4. The van der Waals surface area contributed by atoms with Crippen LogP contribution < -0.4 is 10.1 Å². The van der Waals surface area contributed by atoms with Crippen LogP contribution in [-0.2, 0) is 36.8 Å². The van der Waals surface area contributed by atoms with E-state index in [1.54, 1.807) is 26.8 Å². The Balaban J connectivity index is 1.81. The number of rotatable bonds is 9. The highest BCUT2D eigenvalue weighted by Crippen LogP contribution is 2.31. The van der Waals surface area contributed by atoms with Crippen molar-refractivity contribution in [1.29, 1.82) is 0 Å². The first-order chi connectivity index (χ1) is 17.7. The van der Waals surface area contributed by atoms with Crippen LogP contribution in [-0.4, -0.2) is 40.4 Å². The number of cyclic esters (lactones) is 2. The SMILES string of the molecule is CC(C)(C)OC(=O)N[C@H](Cc1ccc(OCc2ccccc2)c([N+](=O)[O-])c1)CC1C(=O)OC(C)(C)OC1=O. The summed E-state index contributed by atoms with van der Waals surface area (Å²) in [6.45, 7) is 8.10. The van der Waals surface area contributed by atoms with E-state index in [4.69, 9.17) is 18.9 Å². The van der Waals surface area contributed by atoms with Crippen molar-refractivity contribution in [2.45, 2.75) is 71.5 Å². The number of hydrogen-bond acceptors (Lipinski definition) is 9. The Morgan fingerprint density at radius 2 is 1.71 bits per heavy atom. The Bertz CT molecular complexity index is 1170. The number of nitrogens with one attached hydrogen (secondary N) is 1. The molecule has 11 heteroatoms. The van der Waals surface area contributed by atoms with Crippen molar-refractivity contribution in [3.63, 3.8) is 0 Å². The van der Waals surface area contributed by atoms with Gasteiger partial charge in [0.05, 0.1) is 4.92 Å². The quantitative estimate of drug-likeness (QED) is 0.216. The highest BCUT2D eigenvalue weighted by Gasteiger charge is 2.44. The summed E-state index contributed by atoms with van der Waals surface area (Å²) in [5, 5.41) is 14.4. The third-order valence-corrected chi connectivity index (χ3v) is 5.44. The van der Waals surface area contributed by atoms with Gasteiger partial charge in [-0.25, -0.2) is 4.79 Å². The largest absolute Gasteiger partial charge is 0.482 e. The zero-order chi connectivity index (χ0) is 28.1. The van der Waals surface area contributed by atoms with Gasteiger partial charge in [0.2, 0.25) is 0 Å². The Morgan fingerprint density at radius 3 is 2.29 bits per heavy atom. The standard InChI is InChI=1S/C27H32N2O9/c1-26(2,3)38-25(32)28-19(15-20-23(30)36-27(4,5)37-24(20)31)13-18-11-12-22(21(14-18)29(33)34)35-16-17-9-7-6-8-10-17/h6-12,14,19-20H,13,15-16H2,1-5H3,(H,28,32)/t19-/m1/s1. The molecule has 2 aromatic carbocycles. The maximum absolute atomic E-state index is 12.5. The molecular weight excluding hydrogens is 496 g/mol. The molecule has 0 aliphatic carbocycles. The molecule has 0 unspecified atom stereocenters. The Kier molecular flexibility index (Phi) is 8.60. The maximum atomic E-state index is 12.5. The van der Waals surface area contributed by atoms with Crippen molar-refractivity contribution in [3.05, 3.63) is 69.8 Å². The minimum atomic E-state index is -1.39. The molecule has 11 nitrogen and oxygen atoms in total. The number of nitro benzene ring substituents is 1. The van der Waals surface area contributed by atoms with Gasteiger partial charge in [0.1, 0.15) is 12.2 Å². The first-order valence-corrected chi connectivity index (χ1v) is 12.1. The first-order valence-electron chi connectivity index (χ1n) is 12.1. The smallest absolute Gasteiger partial charge is 0.407 e. The average molecular weight is 529 g/mol. The van der Waals surface area contributed by atoms with E-state index in [9.17, 15) is 24.5 Å². The number of ether oxygens (including phenoxy) is 4. The summed E-state index contributed by atoms with van der Waals surface area (Å²) in [7, 11) is 0. The van der Waals surface area contributed by atoms with Crippen molar-refractivity contribution in [2.24, 2.45) is 5.92 Å². The summed E-state index contributed by atoms with van der Waals surface area (Å²) in [4.78, 5) is 48.8. The zero-order valence-electron chi connectivity index (χ0n) is 22.0. The van der Waals surface area contributed by atoms with Gasteiger partial charge in [0.25, 0.3) is 5.79 Å². The second kappa shape index (κ2) is 11.5. The fourth-order valence-corrected chi connectivity index (χ4v) is 3.86. The van der Waals surface area contributed by atoms with Gasteiger partial charge in [0, 0.05) is 26.0 Å². The van der Waals surface area contributed by atoms with Gasteiger partial charge in [-0.1, -0.05) is 36.4 Å². The van der Waals surface area contributed by atoms with Crippen LogP contribution in [0.2, 0.25) is 0 Å². The number of alkyl carbamates (subject to hydrolysis) is 1. The number of esters is 2. The monoisotopic (exact) mass is 528 g/mol. The minimum absolute atomic E-state index is 0.0551. The highest BCUT2D eigenvalue weighted by molar-refractivity contribution is 5.96. The van der Waals surface area contributed by atoms with E-state index in [2.05, 4.69) is 5.32 Å². The van der Waals surface area contributed by atoms with Gasteiger partial charge in [-0.15, -0.1) is 0 Å². The lowest BCUT2D eigenvalue weighted by Gasteiger charge is -2.34. The number of nitro groups is 1. The van der Waals surface area contributed by atoms with Gasteiger partial charge in [-0.2, -0.15) is 0 Å². The summed E-state index contributed by atoms with van der Waals surface area (Å²) in [6, 6.07) is 12.8. The van der Waals surface area contributed by atoms with Gasteiger partial charge in [-0.3, -0.25) is 19.7 Å². The highest BCUT2D eigenvalue weighted by atomic mass is 16.7. The summed E-state index contributed by atoms with van der Waals surface area (Å²) in [5.74, 6) is -4.15. The van der Waals surface area contributed by atoms with Crippen molar-refractivity contribution >= 4 is 23.7 Å². The molecule has 0 radical (unpaired) electrons. The molecule has 1 heterocycles. The normalized spacial score (nSPS) is 16.1. The molecule has 2 aromatic rings. The number of amides is 1. The summed E-state index contributed by atoms with van der Waals surface area (Å²) >= 11 is 0. The fraction of sp³-hybridized carbons (Fsp3) is 0.444. The summed E-state index contributed by atoms with van der Waals surface area (Å²) in [6.07, 6.45) is -0.871. The third-order valence-electron chi connectivity index (χ3n) is 5.44. The Labute approximate surface area is 220 Å². The second-order valence-corrected chi connectivity index (χ2v) is 10.4. The molecule has 0 saturated carbocycles. The van der Waals surface area contributed by atoms with E-state index >= 15 is 0 Å². The summed E-state index contributed by atoms with van der Waals surface area (Å²) < 4.78 is 21.4. The number of nitrogens with zero attached hydrogens (tertiary/aromatic N) is 1. The number of benzene rings is 2. The van der Waals surface area contributed by atoms with Crippen LogP contribution in [0, 0.1) is 16.0 Å². The third kappa shape index (κ3) is 8.19. The number of carbonyl (C=O) groups excluding carboxylic acids is 3. The van der Waals surface area contributed by atoms with Crippen LogP contribution in [0.5, 0.6) is 5.75 Å². The molecule has 38 heavy (non-hydrogen) atoms. The summed E-state index contributed by atoms with van der Waals surface area (Å²) in [5.41, 5.74) is 0.273. The van der Waals surface area contributed by atoms with E-state index < -0.39 is 46.3 Å². The van der Waals surface area contributed by atoms with Gasteiger partial charge < -0.3 is 24.3 Å². The van der Waals surface area contributed by atoms with Crippen molar-refractivity contribution in [1.82, 2.24) is 5.32 Å². The molecule has 204 valence electrons. The molecule has 1 saturated heterocycles. The van der Waals surface area contributed by atoms with E-state index in [-0.39, 0.29) is 30.9 Å². The molecule has 3 rings (SSSR count). The molecule has 1 aliphatic heterocycles. The molecule has 1 atom stereocenters. The lowest BCUT2D eigenvalue weighted by Crippen LogP contribution is -2.49. The van der Waals surface area contributed by atoms with Crippen LogP contribution in [0.15, 0.2) is 48.5 Å². The molecular formula is C27H32N2O9. The maximum Gasteiger partial charge on any atom is 0.407 e. The molecule has 1 N–H and O–H groups in total. The lowest BCUT2D eigenvalue weighted by molar-refractivity contribution is -0.386. The molecule has 0 bridgehead atoms. The zero-order valence-corrected chi connectivity index (χ0v) is 22.0. The van der Waals surface area contributed by atoms with Crippen LogP contribution in [0.25, 0.3) is 0 Å². The van der Waals surface area contributed by atoms with E-state index in [0.29, 0.717) is 5.56 Å². The average Bonchev–Trinajstić information content (AvgIpc) is 2.79. The topological polar surface area (TPSA) is 143 Å². The molecule has 0 aromatic heterocycles. The van der Waals surface area contributed by atoms with Crippen LogP contribution >= 0.6 is 0 Å². The van der Waals surface area contributed by atoms with Crippen LogP contribution in [0.4, 0.5) is 10.5 Å². The predicted molar refractivity (Wildman–Crippen MR) is 135 cm³/mol. The van der Waals surface area contributed by atoms with Crippen LogP contribution in [0.1, 0.15) is 52.2 Å². The molecule has 1 fully saturated rings. The van der Waals surface area contributed by atoms with Crippen molar-refractivity contribution < 1.29 is 38.3 Å². The number of hydrogen-bond donors (Lipinski definition) is 1. The Hall–Kier alpha value is -4.15. The van der Waals surface area contributed by atoms with E-state index in [1.807, 2.05) is 30.3 Å². The minimum Gasteiger partial charge on any atom is -0.482 e. The van der Waals surface area contributed by atoms with Gasteiger partial charge in [0.15, 0.2) is 11.7 Å². The fourth-order valence-electron chi connectivity index (χ4n) is 3.86. The Morgan fingerprint density at radius 1 is 1.08 bits per heavy atom. The van der Waals surface area contributed by atoms with E-state index in [0.717, 1.165) is 5.56 Å². The van der Waals surface area contributed by atoms with E-state index in [1.165, 1.54) is 26.0 Å². The van der Waals surface area contributed by atoms with Crippen molar-refractivity contribution in [2.75, 3.05) is 0 Å². The van der Waals surface area contributed by atoms with Gasteiger partial charge >= 0.3 is 23.7 Å². The predicted octanol–water partition coefficient (Wildman–Crippen LogP) is 4.45. The van der Waals surface area contributed by atoms with Crippen LogP contribution in [0.3, 0.4) is 0 Å². The molecule has 0 spiro atoms. The van der Waals surface area contributed by atoms with Gasteiger partial charge in [-0.05, 0) is 50.8 Å².